The third kappa shape index (κ3) is 0.240. The maximum absolute atomic E-state index is 2.43. The van der Waals surface area contributed by atoms with Gasteiger partial charge in [-0.25, -0.2) is 0 Å². The van der Waals surface area contributed by atoms with E-state index in [-0.39, 0.29) is 0 Å². The Hall–Kier alpha value is 0. The first kappa shape index (κ1) is 4.84. The van der Waals surface area contributed by atoms with Gasteiger partial charge in [-0.3, -0.25) is 0 Å². The molecule has 0 aromatic carbocycles. The van der Waals surface area contributed by atoms with Crippen LogP contribution >= 0.6 is 0 Å². The molecule has 2 bridgehead atoms. The van der Waals surface area contributed by atoms with E-state index in [0.29, 0.717) is 0 Å². The van der Waals surface area contributed by atoms with E-state index in [9.17, 15) is 0 Å². The van der Waals surface area contributed by atoms with Crippen LogP contribution in [0.4, 0.5) is 0 Å². The molecule has 0 heterocycles. The fourth-order valence-electron chi connectivity index (χ4n) is 2.62. The van der Waals surface area contributed by atoms with Crippen molar-refractivity contribution in [1.29, 1.82) is 0 Å². The molecule has 0 radical (unpaired) electrons. The lowest BCUT2D eigenvalue weighted by atomic mass is 9.33. The van der Waals surface area contributed by atoms with E-state index in [1.165, 1.54) is 6.42 Å². The van der Waals surface area contributed by atoms with E-state index in [0.717, 1.165) is 23.2 Å². The zero-order valence-electron chi connectivity index (χ0n) is 5.94. The van der Waals surface area contributed by atoms with Gasteiger partial charge in [0.05, 0.1) is 0 Å². The highest BCUT2D eigenvalue weighted by Crippen LogP contribution is 2.71. The van der Waals surface area contributed by atoms with E-state index < -0.39 is 0 Å². The molecule has 0 N–H and O–H groups in total. The van der Waals surface area contributed by atoms with Gasteiger partial charge in [-0.15, -0.1) is 0 Å². The molecule has 0 heteroatoms. The Labute approximate surface area is 51.3 Å². The molecular formula is C8H14. The summed E-state index contributed by atoms with van der Waals surface area (Å²) in [4.78, 5) is 0. The highest BCUT2D eigenvalue weighted by molar-refractivity contribution is 5.13. The Kier molecular flexibility index (Phi) is 0.595. The topological polar surface area (TPSA) is 0 Å². The number of hydrogen-bond donors (Lipinski definition) is 0. The maximum Gasteiger partial charge on any atom is -0.0266 e. The summed E-state index contributed by atoms with van der Waals surface area (Å²) < 4.78 is 0. The molecule has 0 aromatic heterocycles. The third-order valence-electron chi connectivity index (χ3n) is 4.04. The highest BCUT2D eigenvalue weighted by Gasteiger charge is 2.65. The maximum atomic E-state index is 2.43. The Bertz CT molecular complexity index is 116. The van der Waals surface area contributed by atoms with Crippen LogP contribution < -0.4 is 0 Å². The van der Waals surface area contributed by atoms with Crippen molar-refractivity contribution in [2.24, 2.45) is 23.2 Å². The molecule has 46 valence electrons. The lowest BCUT2D eigenvalue weighted by Gasteiger charge is -2.71. The van der Waals surface area contributed by atoms with Crippen LogP contribution in [0.2, 0.25) is 0 Å². The standard InChI is InChI=1S/C8H14/c1-5-7-4-8(5,3)6(7)2/h5-7H,4H2,1-3H3/t5-,6+,7?,8?. The van der Waals surface area contributed by atoms with Gasteiger partial charge in [0.25, 0.3) is 0 Å². The summed E-state index contributed by atoms with van der Waals surface area (Å²) in [6, 6.07) is 0. The van der Waals surface area contributed by atoms with Crippen LogP contribution in [-0.4, -0.2) is 0 Å². The van der Waals surface area contributed by atoms with Gasteiger partial charge in [-0.2, -0.15) is 0 Å². The van der Waals surface area contributed by atoms with Gasteiger partial charge >= 0.3 is 0 Å². The summed E-state index contributed by atoms with van der Waals surface area (Å²) in [5.41, 5.74) is 0.782. The minimum atomic E-state index is 0.782. The molecule has 3 aliphatic rings. The predicted octanol–water partition coefficient (Wildman–Crippen LogP) is 2.30. The first-order valence-corrected chi connectivity index (χ1v) is 3.66. The molecule has 3 rings (SSSR count). The Balaban J connectivity index is 2.18. The van der Waals surface area contributed by atoms with Gasteiger partial charge in [-0.1, -0.05) is 20.8 Å². The minimum Gasteiger partial charge on any atom is -0.0617 e. The van der Waals surface area contributed by atoms with Crippen molar-refractivity contribution >= 4 is 0 Å². The predicted molar refractivity (Wildman–Crippen MR) is 34.5 cm³/mol. The zero-order chi connectivity index (χ0) is 5.94. The summed E-state index contributed by atoms with van der Waals surface area (Å²) in [7, 11) is 0. The molecular weight excluding hydrogens is 96.1 g/mol. The van der Waals surface area contributed by atoms with Gasteiger partial charge in [0, 0.05) is 0 Å². The summed E-state index contributed by atoms with van der Waals surface area (Å²) in [5.74, 6) is 3.22. The van der Waals surface area contributed by atoms with Crippen molar-refractivity contribution in [3.8, 4) is 0 Å². The number of rotatable bonds is 0. The normalized spacial score (nSPS) is 68.6. The van der Waals surface area contributed by atoms with Gasteiger partial charge in [0.1, 0.15) is 0 Å². The smallest absolute Gasteiger partial charge is 0.0266 e. The van der Waals surface area contributed by atoms with Gasteiger partial charge in [0.2, 0.25) is 0 Å². The SMILES string of the molecule is C[C@@H]1C2CC1(C)[C@H]2C. The monoisotopic (exact) mass is 110 g/mol. The van der Waals surface area contributed by atoms with Crippen LogP contribution in [0.15, 0.2) is 0 Å². The largest absolute Gasteiger partial charge is 0.0617 e. The molecule has 3 saturated carbocycles. The molecule has 3 fully saturated rings. The molecule has 0 aromatic rings. The second-order valence-corrected chi connectivity index (χ2v) is 3.95. The van der Waals surface area contributed by atoms with E-state index in [1.807, 2.05) is 0 Å². The summed E-state index contributed by atoms with van der Waals surface area (Å²) in [6.07, 6.45) is 1.52. The quantitative estimate of drug-likeness (QED) is 0.449. The Morgan fingerprint density at radius 3 is 1.75 bits per heavy atom. The van der Waals surface area contributed by atoms with Crippen molar-refractivity contribution in [3.05, 3.63) is 0 Å². The van der Waals surface area contributed by atoms with Crippen LogP contribution in [-0.2, 0) is 0 Å². The van der Waals surface area contributed by atoms with Crippen LogP contribution in [0.3, 0.4) is 0 Å². The fourth-order valence-corrected chi connectivity index (χ4v) is 2.62. The summed E-state index contributed by atoms with van der Waals surface area (Å²) in [5, 5.41) is 0. The summed E-state index contributed by atoms with van der Waals surface area (Å²) in [6.45, 7) is 7.23. The summed E-state index contributed by atoms with van der Waals surface area (Å²) >= 11 is 0. The van der Waals surface area contributed by atoms with Crippen LogP contribution in [0, 0.1) is 23.2 Å². The van der Waals surface area contributed by atoms with Gasteiger partial charge in [0.15, 0.2) is 0 Å². The second kappa shape index (κ2) is 0.984. The highest BCUT2D eigenvalue weighted by atomic mass is 14.7. The number of hydrogen-bond acceptors (Lipinski definition) is 0. The molecule has 2 unspecified atom stereocenters. The average Bonchev–Trinajstić information content (AvgIpc) is 1.83. The van der Waals surface area contributed by atoms with Gasteiger partial charge < -0.3 is 0 Å². The molecule has 0 nitrogen and oxygen atoms in total. The second-order valence-electron chi connectivity index (χ2n) is 3.95. The minimum absolute atomic E-state index is 0.782. The van der Waals surface area contributed by atoms with Crippen molar-refractivity contribution in [3.63, 3.8) is 0 Å². The molecule has 4 atom stereocenters. The molecule has 0 aliphatic heterocycles. The molecule has 3 aliphatic carbocycles. The van der Waals surface area contributed by atoms with Crippen molar-refractivity contribution in [2.75, 3.05) is 0 Å². The lowest BCUT2D eigenvalue weighted by Crippen LogP contribution is -2.65. The first-order valence-electron chi connectivity index (χ1n) is 3.66. The van der Waals surface area contributed by atoms with Crippen LogP contribution in [0.25, 0.3) is 0 Å². The fraction of sp³-hybridized carbons (Fsp3) is 1.00. The molecule has 0 saturated heterocycles. The van der Waals surface area contributed by atoms with Crippen molar-refractivity contribution in [1.82, 2.24) is 0 Å². The van der Waals surface area contributed by atoms with E-state index in [1.54, 1.807) is 0 Å². The van der Waals surface area contributed by atoms with E-state index in [2.05, 4.69) is 20.8 Å². The third-order valence-corrected chi connectivity index (χ3v) is 4.04. The lowest BCUT2D eigenvalue weighted by molar-refractivity contribution is -0.231. The van der Waals surface area contributed by atoms with Crippen LogP contribution in [0.1, 0.15) is 27.2 Å². The molecule has 8 heavy (non-hydrogen) atoms. The van der Waals surface area contributed by atoms with Crippen molar-refractivity contribution < 1.29 is 0 Å². The van der Waals surface area contributed by atoms with Gasteiger partial charge in [-0.05, 0) is 29.6 Å². The average molecular weight is 110 g/mol. The van der Waals surface area contributed by atoms with Crippen molar-refractivity contribution in [2.45, 2.75) is 27.2 Å². The zero-order valence-corrected chi connectivity index (χ0v) is 5.94. The van der Waals surface area contributed by atoms with E-state index in [4.69, 9.17) is 0 Å². The Morgan fingerprint density at radius 1 is 1.25 bits per heavy atom. The van der Waals surface area contributed by atoms with E-state index >= 15 is 0 Å². The molecule has 0 amide bonds. The Morgan fingerprint density at radius 2 is 1.75 bits per heavy atom. The first-order chi connectivity index (χ1) is 3.66. The van der Waals surface area contributed by atoms with Crippen LogP contribution in [0.5, 0.6) is 0 Å². The molecule has 0 spiro atoms.